The summed E-state index contributed by atoms with van der Waals surface area (Å²) in [5, 5.41) is 0. The first-order chi connectivity index (χ1) is 10.2. The van der Waals surface area contributed by atoms with Crippen LogP contribution in [0.3, 0.4) is 0 Å². The van der Waals surface area contributed by atoms with Gasteiger partial charge in [0.25, 0.3) is 0 Å². The maximum atomic E-state index is 6.20. The first kappa shape index (κ1) is 16.5. The van der Waals surface area contributed by atoms with Gasteiger partial charge in [0.2, 0.25) is 0 Å². The Kier molecular flexibility index (Phi) is 6.76. The molecular weight excluding hydrogens is 256 g/mol. The van der Waals surface area contributed by atoms with Crippen LogP contribution in [-0.2, 0) is 4.74 Å². The third-order valence-corrected chi connectivity index (χ3v) is 4.80. The van der Waals surface area contributed by atoms with E-state index in [1.165, 1.54) is 68.1 Å². The van der Waals surface area contributed by atoms with E-state index in [1.54, 1.807) is 0 Å². The van der Waals surface area contributed by atoms with Crippen molar-refractivity contribution in [1.29, 1.82) is 0 Å². The zero-order valence-corrected chi connectivity index (χ0v) is 14.2. The first-order valence-corrected chi connectivity index (χ1v) is 8.94. The van der Waals surface area contributed by atoms with Gasteiger partial charge >= 0.3 is 0 Å². The smallest absolute Gasteiger partial charge is 0.0827 e. The Labute approximate surface area is 131 Å². The van der Waals surface area contributed by atoms with E-state index in [9.17, 15) is 0 Å². The minimum Gasteiger partial charge on any atom is -0.374 e. The van der Waals surface area contributed by atoms with Crippen LogP contribution in [0.5, 0.6) is 0 Å². The van der Waals surface area contributed by atoms with Gasteiger partial charge in [0.1, 0.15) is 0 Å². The molecule has 1 aliphatic rings. The molecule has 0 unspecified atom stereocenters. The number of aryl methyl sites for hydroxylation is 1. The quantitative estimate of drug-likeness (QED) is 0.509. The molecule has 0 bridgehead atoms. The van der Waals surface area contributed by atoms with E-state index in [-0.39, 0.29) is 0 Å². The highest BCUT2D eigenvalue weighted by atomic mass is 16.5. The van der Waals surface area contributed by atoms with Gasteiger partial charge in [0.15, 0.2) is 0 Å². The molecule has 0 radical (unpaired) electrons. The van der Waals surface area contributed by atoms with Crippen LogP contribution in [0.2, 0.25) is 0 Å². The van der Waals surface area contributed by atoms with Crippen LogP contribution in [0.4, 0.5) is 0 Å². The summed E-state index contributed by atoms with van der Waals surface area (Å²) in [7, 11) is 0. The molecule has 0 N–H and O–H groups in total. The van der Waals surface area contributed by atoms with Crippen LogP contribution < -0.4 is 0 Å². The highest BCUT2D eigenvalue weighted by Gasteiger charge is 2.25. The van der Waals surface area contributed by atoms with Crippen molar-refractivity contribution in [2.45, 2.75) is 84.2 Å². The Hall–Kier alpha value is -0.820. The molecule has 2 rings (SSSR count). The number of hydrogen-bond acceptors (Lipinski definition) is 1. The molecular formula is C20H32O. The minimum atomic E-state index is 0.340. The SMILES string of the molecule is CCCCCCCCO[C@H]1CC[C@@H](C)c2cc(C)ccc21. The molecule has 1 aliphatic carbocycles. The van der Waals surface area contributed by atoms with Crippen LogP contribution in [-0.4, -0.2) is 6.61 Å². The number of ether oxygens (including phenoxy) is 1. The molecule has 1 nitrogen and oxygen atoms in total. The Balaban J connectivity index is 1.79. The lowest BCUT2D eigenvalue weighted by atomic mass is 9.81. The van der Waals surface area contributed by atoms with Gasteiger partial charge in [-0.2, -0.15) is 0 Å². The van der Waals surface area contributed by atoms with Crippen LogP contribution in [0.15, 0.2) is 18.2 Å². The van der Waals surface area contributed by atoms with Crippen LogP contribution in [0, 0.1) is 6.92 Å². The third kappa shape index (κ3) is 4.85. The maximum Gasteiger partial charge on any atom is 0.0827 e. The van der Waals surface area contributed by atoms with Crippen molar-refractivity contribution in [3.63, 3.8) is 0 Å². The van der Waals surface area contributed by atoms with Gasteiger partial charge in [-0.3, -0.25) is 0 Å². The summed E-state index contributed by atoms with van der Waals surface area (Å²) in [6.07, 6.45) is 10.8. The summed E-state index contributed by atoms with van der Waals surface area (Å²) in [4.78, 5) is 0. The Morgan fingerprint density at radius 2 is 1.76 bits per heavy atom. The van der Waals surface area contributed by atoms with Gasteiger partial charge in [-0.1, -0.05) is 69.7 Å². The third-order valence-electron chi connectivity index (χ3n) is 4.80. The molecule has 0 spiro atoms. The van der Waals surface area contributed by atoms with Gasteiger partial charge in [0, 0.05) is 6.61 Å². The molecule has 1 aromatic carbocycles. The van der Waals surface area contributed by atoms with Gasteiger partial charge in [0.05, 0.1) is 6.10 Å². The summed E-state index contributed by atoms with van der Waals surface area (Å²) in [6, 6.07) is 6.89. The molecule has 0 heterocycles. The van der Waals surface area contributed by atoms with Crippen LogP contribution in [0.25, 0.3) is 0 Å². The molecule has 1 aromatic rings. The number of unbranched alkanes of at least 4 members (excludes halogenated alkanes) is 5. The topological polar surface area (TPSA) is 9.23 Å². The lowest BCUT2D eigenvalue weighted by molar-refractivity contribution is 0.0360. The monoisotopic (exact) mass is 288 g/mol. The minimum absolute atomic E-state index is 0.340. The van der Waals surface area contributed by atoms with Gasteiger partial charge in [-0.25, -0.2) is 0 Å². The predicted molar refractivity (Wildman–Crippen MR) is 90.9 cm³/mol. The van der Waals surface area contributed by atoms with Gasteiger partial charge in [-0.05, 0) is 43.2 Å². The predicted octanol–water partition coefficient (Wildman–Crippen LogP) is 6.31. The van der Waals surface area contributed by atoms with Crippen LogP contribution >= 0.6 is 0 Å². The molecule has 0 aromatic heterocycles. The van der Waals surface area contributed by atoms with Crippen molar-refractivity contribution >= 4 is 0 Å². The average Bonchev–Trinajstić information content (AvgIpc) is 2.49. The van der Waals surface area contributed by atoms with E-state index in [1.807, 2.05) is 0 Å². The molecule has 0 saturated carbocycles. The van der Waals surface area contributed by atoms with E-state index in [2.05, 4.69) is 39.0 Å². The summed E-state index contributed by atoms with van der Waals surface area (Å²) in [5.74, 6) is 0.689. The maximum absolute atomic E-state index is 6.20. The average molecular weight is 288 g/mol. The summed E-state index contributed by atoms with van der Waals surface area (Å²) in [6.45, 7) is 7.74. The van der Waals surface area contributed by atoms with E-state index in [0.717, 1.165) is 6.61 Å². The lowest BCUT2D eigenvalue weighted by Gasteiger charge is -2.30. The van der Waals surface area contributed by atoms with Crippen molar-refractivity contribution in [3.05, 3.63) is 34.9 Å². The molecule has 0 fully saturated rings. The zero-order chi connectivity index (χ0) is 15.1. The molecule has 118 valence electrons. The molecule has 0 aliphatic heterocycles. The van der Waals surface area contributed by atoms with Gasteiger partial charge < -0.3 is 4.74 Å². The normalized spacial score (nSPS) is 21.3. The molecule has 0 saturated heterocycles. The number of benzene rings is 1. The summed E-state index contributed by atoms with van der Waals surface area (Å²) < 4.78 is 6.20. The second-order valence-electron chi connectivity index (χ2n) is 6.74. The Morgan fingerprint density at radius 3 is 2.57 bits per heavy atom. The standard InChI is InChI=1S/C20H32O/c1-4-5-6-7-8-9-14-21-20-13-11-17(3)19-15-16(2)10-12-18(19)20/h10,12,15,17,20H,4-9,11,13-14H2,1-3H3/t17-,20+/m1/s1. The molecule has 2 atom stereocenters. The highest BCUT2D eigenvalue weighted by Crippen LogP contribution is 2.39. The van der Waals surface area contributed by atoms with Crippen LogP contribution in [0.1, 0.15) is 93.9 Å². The van der Waals surface area contributed by atoms with Crippen molar-refractivity contribution in [3.8, 4) is 0 Å². The Bertz CT molecular complexity index is 424. The van der Waals surface area contributed by atoms with Crippen molar-refractivity contribution in [1.82, 2.24) is 0 Å². The fraction of sp³-hybridized carbons (Fsp3) is 0.700. The number of fused-ring (bicyclic) bond motifs is 1. The van der Waals surface area contributed by atoms with E-state index >= 15 is 0 Å². The summed E-state index contributed by atoms with van der Waals surface area (Å²) in [5.41, 5.74) is 4.34. The fourth-order valence-corrected chi connectivity index (χ4v) is 3.41. The van der Waals surface area contributed by atoms with E-state index < -0.39 is 0 Å². The first-order valence-electron chi connectivity index (χ1n) is 8.94. The van der Waals surface area contributed by atoms with E-state index in [0.29, 0.717) is 12.0 Å². The van der Waals surface area contributed by atoms with Crippen molar-refractivity contribution in [2.24, 2.45) is 0 Å². The molecule has 0 amide bonds. The molecule has 21 heavy (non-hydrogen) atoms. The van der Waals surface area contributed by atoms with Crippen molar-refractivity contribution < 1.29 is 4.74 Å². The second kappa shape index (κ2) is 8.58. The largest absolute Gasteiger partial charge is 0.374 e. The second-order valence-corrected chi connectivity index (χ2v) is 6.74. The highest BCUT2D eigenvalue weighted by molar-refractivity contribution is 5.37. The van der Waals surface area contributed by atoms with E-state index in [4.69, 9.17) is 4.74 Å². The molecule has 1 heteroatoms. The Morgan fingerprint density at radius 1 is 1.00 bits per heavy atom. The zero-order valence-electron chi connectivity index (χ0n) is 14.2. The van der Waals surface area contributed by atoms with Crippen molar-refractivity contribution in [2.75, 3.05) is 6.61 Å². The lowest BCUT2D eigenvalue weighted by Crippen LogP contribution is -2.16. The number of rotatable bonds is 8. The number of hydrogen-bond donors (Lipinski definition) is 0. The summed E-state index contributed by atoms with van der Waals surface area (Å²) >= 11 is 0. The fourth-order valence-electron chi connectivity index (χ4n) is 3.41. The van der Waals surface area contributed by atoms with Gasteiger partial charge in [-0.15, -0.1) is 0 Å².